The van der Waals surface area contributed by atoms with E-state index in [0.717, 1.165) is 21.2 Å². The van der Waals surface area contributed by atoms with Crippen molar-refractivity contribution in [2.24, 2.45) is 11.8 Å². The molecular weight excluding hydrogens is 376 g/mol. The fourth-order valence-electron chi connectivity index (χ4n) is 4.74. The minimum Gasteiger partial charge on any atom is -0.496 e. The molecule has 4 atom stereocenters. The number of hydrogen-bond donors (Lipinski definition) is 2. The SMILES string of the molecule is COC(=O)[C@@]1(CO)N[C@@H](c2ccc(OC)c3ccccc23)[C@H]2C(=O)N(C)C(=O)[C@H]21. The zero-order valence-electron chi connectivity index (χ0n) is 16.3. The van der Waals surface area contributed by atoms with Crippen molar-refractivity contribution in [1.82, 2.24) is 10.2 Å². The lowest BCUT2D eigenvalue weighted by Crippen LogP contribution is -2.58. The number of ether oxygens (including phenoxy) is 2. The van der Waals surface area contributed by atoms with E-state index in [4.69, 9.17) is 9.47 Å². The zero-order valence-corrected chi connectivity index (χ0v) is 16.3. The first-order valence-corrected chi connectivity index (χ1v) is 9.25. The van der Waals surface area contributed by atoms with Gasteiger partial charge in [-0.25, -0.2) is 4.79 Å². The molecule has 4 rings (SSSR count). The Morgan fingerprint density at radius 2 is 1.83 bits per heavy atom. The number of hydrogen-bond acceptors (Lipinski definition) is 7. The number of imide groups is 1. The quantitative estimate of drug-likeness (QED) is 0.575. The van der Waals surface area contributed by atoms with Gasteiger partial charge in [0.2, 0.25) is 11.8 Å². The second-order valence-electron chi connectivity index (χ2n) is 7.38. The number of rotatable bonds is 4. The van der Waals surface area contributed by atoms with E-state index in [1.807, 2.05) is 30.3 Å². The standard InChI is InChI=1S/C21H22N2O6/c1-23-18(25)15-16(19(23)26)21(10-24,20(27)29-3)22-17(15)13-8-9-14(28-2)12-7-5-4-6-11(12)13/h4-9,15-17,22,24H,10H2,1-3H3/t15-,16-,17-,21-/m0/s1. The highest BCUT2D eigenvalue weighted by atomic mass is 16.5. The molecular formula is C21H22N2O6. The van der Waals surface area contributed by atoms with Gasteiger partial charge in [-0.05, 0) is 17.0 Å². The molecule has 0 radical (unpaired) electrons. The largest absolute Gasteiger partial charge is 0.496 e. The first kappa shape index (κ1) is 19.4. The van der Waals surface area contributed by atoms with E-state index in [1.165, 1.54) is 14.2 Å². The normalized spacial score (nSPS) is 28.7. The van der Waals surface area contributed by atoms with Crippen LogP contribution in [0.25, 0.3) is 10.8 Å². The molecule has 0 spiro atoms. The lowest BCUT2D eigenvalue weighted by Gasteiger charge is -2.30. The first-order chi connectivity index (χ1) is 13.9. The molecule has 0 aliphatic carbocycles. The van der Waals surface area contributed by atoms with Crippen molar-refractivity contribution >= 4 is 28.6 Å². The summed E-state index contributed by atoms with van der Waals surface area (Å²) in [6.45, 7) is -0.668. The van der Waals surface area contributed by atoms with Crippen molar-refractivity contribution in [3.8, 4) is 5.75 Å². The van der Waals surface area contributed by atoms with Gasteiger partial charge < -0.3 is 14.6 Å². The summed E-state index contributed by atoms with van der Waals surface area (Å²) >= 11 is 0. The highest BCUT2D eigenvalue weighted by Crippen LogP contribution is 2.50. The number of esters is 1. The van der Waals surface area contributed by atoms with Crippen molar-refractivity contribution in [2.45, 2.75) is 11.6 Å². The predicted molar refractivity (Wildman–Crippen MR) is 103 cm³/mol. The number of aliphatic hydroxyl groups excluding tert-OH is 1. The van der Waals surface area contributed by atoms with Crippen LogP contribution in [0.15, 0.2) is 36.4 Å². The minimum atomic E-state index is -1.69. The molecule has 0 saturated carbocycles. The number of nitrogens with zero attached hydrogens (tertiary/aromatic N) is 1. The monoisotopic (exact) mass is 398 g/mol. The molecule has 0 unspecified atom stereocenters. The predicted octanol–water partition coefficient (Wildman–Crippen LogP) is 0.628. The molecule has 29 heavy (non-hydrogen) atoms. The third-order valence-corrected chi connectivity index (χ3v) is 6.15. The summed E-state index contributed by atoms with van der Waals surface area (Å²) in [5.41, 5.74) is -0.949. The number of aliphatic hydroxyl groups is 1. The van der Waals surface area contributed by atoms with Crippen LogP contribution in [-0.4, -0.2) is 61.2 Å². The van der Waals surface area contributed by atoms with Gasteiger partial charge in [-0.2, -0.15) is 0 Å². The molecule has 2 heterocycles. The number of likely N-dealkylation sites (tertiary alicyclic amines) is 1. The summed E-state index contributed by atoms with van der Waals surface area (Å²) in [6, 6.07) is 10.5. The summed E-state index contributed by atoms with van der Waals surface area (Å²) < 4.78 is 10.3. The molecule has 0 bridgehead atoms. The number of fused-ring (bicyclic) bond motifs is 2. The third-order valence-electron chi connectivity index (χ3n) is 6.15. The molecule has 2 amide bonds. The zero-order chi connectivity index (χ0) is 20.9. The van der Waals surface area contributed by atoms with Crippen LogP contribution >= 0.6 is 0 Å². The van der Waals surface area contributed by atoms with Gasteiger partial charge >= 0.3 is 5.97 Å². The van der Waals surface area contributed by atoms with Crippen LogP contribution in [0.1, 0.15) is 11.6 Å². The Labute approximate surface area is 167 Å². The summed E-state index contributed by atoms with van der Waals surface area (Å²) in [7, 11) is 4.16. The molecule has 2 aliphatic heterocycles. The summed E-state index contributed by atoms with van der Waals surface area (Å²) in [5.74, 6) is -2.89. The molecule has 152 valence electrons. The Kier molecular flexibility index (Phi) is 4.55. The van der Waals surface area contributed by atoms with E-state index in [-0.39, 0.29) is 0 Å². The minimum absolute atomic E-state index is 0.392. The second kappa shape index (κ2) is 6.82. The Balaban J connectivity index is 1.94. The number of nitrogens with one attached hydrogen (secondary N) is 1. The number of carbonyl (C=O) groups excluding carboxylic acids is 3. The van der Waals surface area contributed by atoms with Crippen molar-refractivity contribution in [3.63, 3.8) is 0 Å². The van der Waals surface area contributed by atoms with E-state index in [0.29, 0.717) is 5.75 Å². The van der Waals surface area contributed by atoms with Gasteiger partial charge in [0, 0.05) is 18.5 Å². The third kappa shape index (κ3) is 2.49. The number of benzene rings is 2. The first-order valence-electron chi connectivity index (χ1n) is 9.25. The Morgan fingerprint density at radius 3 is 2.45 bits per heavy atom. The average Bonchev–Trinajstić information content (AvgIpc) is 3.22. The molecule has 2 saturated heterocycles. The van der Waals surface area contributed by atoms with Gasteiger partial charge in [-0.1, -0.05) is 30.3 Å². The molecule has 2 aromatic carbocycles. The maximum Gasteiger partial charge on any atom is 0.329 e. The molecule has 2 aliphatic rings. The molecule has 0 aromatic heterocycles. The van der Waals surface area contributed by atoms with Crippen LogP contribution in [0.2, 0.25) is 0 Å². The molecule has 2 N–H and O–H groups in total. The number of methoxy groups -OCH3 is 2. The van der Waals surface area contributed by atoms with Gasteiger partial charge in [0.15, 0.2) is 5.54 Å². The van der Waals surface area contributed by atoms with Gasteiger partial charge in [0.05, 0.1) is 32.7 Å². The van der Waals surface area contributed by atoms with E-state index < -0.39 is 47.8 Å². The van der Waals surface area contributed by atoms with Crippen LogP contribution in [0.4, 0.5) is 0 Å². The maximum atomic E-state index is 13.0. The van der Waals surface area contributed by atoms with Crippen LogP contribution in [0, 0.1) is 11.8 Å². The molecule has 8 nitrogen and oxygen atoms in total. The topological polar surface area (TPSA) is 105 Å². The van der Waals surface area contributed by atoms with Gasteiger partial charge in [-0.3, -0.25) is 19.8 Å². The van der Waals surface area contributed by atoms with Crippen LogP contribution in [-0.2, 0) is 19.1 Å². The molecule has 2 fully saturated rings. The average molecular weight is 398 g/mol. The van der Waals surface area contributed by atoms with Gasteiger partial charge in [-0.15, -0.1) is 0 Å². The molecule has 8 heteroatoms. The smallest absolute Gasteiger partial charge is 0.329 e. The van der Waals surface area contributed by atoms with Crippen LogP contribution < -0.4 is 10.1 Å². The van der Waals surface area contributed by atoms with E-state index >= 15 is 0 Å². The highest BCUT2D eigenvalue weighted by molar-refractivity contribution is 6.09. The van der Waals surface area contributed by atoms with Crippen LogP contribution in [0.3, 0.4) is 0 Å². The fourth-order valence-corrected chi connectivity index (χ4v) is 4.74. The summed E-state index contributed by atoms with van der Waals surface area (Å²) in [4.78, 5) is 39.5. The maximum absolute atomic E-state index is 13.0. The van der Waals surface area contributed by atoms with Gasteiger partial charge in [0.25, 0.3) is 0 Å². The van der Waals surface area contributed by atoms with E-state index in [1.54, 1.807) is 13.2 Å². The Morgan fingerprint density at radius 1 is 1.14 bits per heavy atom. The molecule has 2 aromatic rings. The van der Waals surface area contributed by atoms with Crippen molar-refractivity contribution in [1.29, 1.82) is 0 Å². The van der Waals surface area contributed by atoms with Crippen molar-refractivity contribution in [2.75, 3.05) is 27.9 Å². The summed E-state index contributed by atoms with van der Waals surface area (Å²) in [6.07, 6.45) is 0. The number of carbonyl (C=O) groups is 3. The lowest BCUT2D eigenvalue weighted by molar-refractivity contribution is -0.156. The second-order valence-corrected chi connectivity index (χ2v) is 7.38. The Bertz CT molecular complexity index is 1020. The van der Waals surface area contributed by atoms with Gasteiger partial charge in [0.1, 0.15) is 5.75 Å². The Hall–Kier alpha value is -2.97. The van der Waals surface area contributed by atoms with Crippen molar-refractivity contribution < 1.29 is 29.0 Å². The van der Waals surface area contributed by atoms with Crippen LogP contribution in [0.5, 0.6) is 5.75 Å². The lowest BCUT2D eigenvalue weighted by atomic mass is 9.79. The summed E-state index contributed by atoms with van der Waals surface area (Å²) in [5, 5.41) is 14.9. The fraction of sp³-hybridized carbons (Fsp3) is 0.381. The number of amides is 2. The van der Waals surface area contributed by atoms with E-state index in [9.17, 15) is 19.5 Å². The van der Waals surface area contributed by atoms with Crippen molar-refractivity contribution in [3.05, 3.63) is 42.0 Å². The van der Waals surface area contributed by atoms with E-state index in [2.05, 4.69) is 5.32 Å². The highest BCUT2D eigenvalue weighted by Gasteiger charge is 2.68.